The zero-order valence-corrected chi connectivity index (χ0v) is 15.5. The summed E-state index contributed by atoms with van der Waals surface area (Å²) in [6.45, 7) is 7.42. The maximum Gasteiger partial charge on any atom is 0.336 e. The number of rotatable bonds is 6. The highest BCUT2D eigenvalue weighted by Crippen LogP contribution is 2.63. The third kappa shape index (κ3) is 2.97. The lowest BCUT2D eigenvalue weighted by atomic mass is 9.70. The molecule has 2 N–H and O–H groups in total. The molecule has 26 heavy (non-hydrogen) atoms. The minimum atomic E-state index is -1.12. The fraction of sp³-hybridized carbons (Fsp3) is 0.550. The molecule has 1 amide bonds. The molecule has 2 aliphatic carbocycles. The summed E-state index contributed by atoms with van der Waals surface area (Å²) in [7, 11) is 0. The van der Waals surface area contributed by atoms with E-state index in [1.807, 2.05) is 0 Å². The van der Waals surface area contributed by atoms with Gasteiger partial charge in [0.15, 0.2) is 0 Å². The maximum atomic E-state index is 12.2. The van der Waals surface area contributed by atoms with Crippen LogP contribution < -0.4 is 5.32 Å². The molecule has 6 heteroatoms. The second-order valence-electron chi connectivity index (χ2n) is 7.97. The van der Waals surface area contributed by atoms with Crippen LogP contribution in [0.3, 0.4) is 0 Å². The molecule has 6 nitrogen and oxygen atoms in total. The van der Waals surface area contributed by atoms with Gasteiger partial charge in [-0.15, -0.1) is 0 Å². The summed E-state index contributed by atoms with van der Waals surface area (Å²) in [5.41, 5.74) is 1.61. The first-order valence-corrected chi connectivity index (χ1v) is 9.07. The number of carboxylic acid groups (broad SMARTS) is 1. The van der Waals surface area contributed by atoms with Crippen LogP contribution in [0.25, 0.3) is 0 Å². The molecule has 0 spiro atoms. The van der Waals surface area contributed by atoms with Gasteiger partial charge in [-0.05, 0) is 42.7 Å². The van der Waals surface area contributed by atoms with Gasteiger partial charge in [-0.1, -0.05) is 38.1 Å². The number of benzene rings is 1. The van der Waals surface area contributed by atoms with E-state index in [0.29, 0.717) is 5.92 Å². The lowest BCUT2D eigenvalue weighted by Crippen LogP contribution is -2.33. The van der Waals surface area contributed by atoms with Crippen molar-refractivity contribution in [3.05, 3.63) is 35.4 Å². The van der Waals surface area contributed by atoms with Gasteiger partial charge in [0.2, 0.25) is 0 Å². The van der Waals surface area contributed by atoms with Gasteiger partial charge < -0.3 is 15.3 Å². The number of carboxylic acids is 1. The molecule has 2 aliphatic rings. The fourth-order valence-corrected chi connectivity index (χ4v) is 4.36. The molecule has 1 aromatic rings. The van der Waals surface area contributed by atoms with Crippen LogP contribution in [0.2, 0.25) is 0 Å². The van der Waals surface area contributed by atoms with Crippen molar-refractivity contribution in [3.63, 3.8) is 0 Å². The van der Waals surface area contributed by atoms with Crippen LogP contribution >= 0.6 is 0 Å². The number of amides is 1. The highest BCUT2D eigenvalue weighted by Gasteiger charge is 2.60. The molecule has 140 valence electrons. The van der Waals surface area contributed by atoms with Crippen LogP contribution in [0, 0.1) is 16.7 Å². The number of carbonyl (C=O) groups is 2. The molecule has 2 unspecified atom stereocenters. The Balaban J connectivity index is 1.51. The van der Waals surface area contributed by atoms with Crippen molar-refractivity contribution in [3.8, 4) is 0 Å². The fourth-order valence-electron chi connectivity index (χ4n) is 4.36. The van der Waals surface area contributed by atoms with Gasteiger partial charge in [0.1, 0.15) is 6.61 Å². The highest BCUT2D eigenvalue weighted by atomic mass is 16.6. The molecule has 0 aromatic heterocycles. The summed E-state index contributed by atoms with van der Waals surface area (Å²) >= 11 is 0. The monoisotopic (exact) mass is 358 g/mol. The van der Waals surface area contributed by atoms with Crippen molar-refractivity contribution in [1.29, 1.82) is 0 Å². The van der Waals surface area contributed by atoms with E-state index >= 15 is 0 Å². The van der Waals surface area contributed by atoms with E-state index in [1.165, 1.54) is 18.6 Å². The van der Waals surface area contributed by atoms with Gasteiger partial charge in [-0.3, -0.25) is 4.79 Å². The van der Waals surface area contributed by atoms with Gasteiger partial charge in [-0.25, -0.2) is 4.79 Å². The standard InChI is InChI=1S/C20H26N2O4/c1-19(2)13-8-9-20(19,3)16(12-13)22-26-11-10-21-17(23)14-6-4-5-7-15(14)18(24)25/h4-7,13H,8-12H2,1-3H3,(H,21,23)(H,24,25). The first-order valence-electron chi connectivity index (χ1n) is 9.07. The smallest absolute Gasteiger partial charge is 0.336 e. The van der Waals surface area contributed by atoms with Crippen molar-refractivity contribution < 1.29 is 19.5 Å². The predicted molar refractivity (Wildman–Crippen MR) is 98.4 cm³/mol. The van der Waals surface area contributed by atoms with E-state index in [-0.39, 0.29) is 35.1 Å². The number of nitrogens with zero attached hydrogens (tertiary/aromatic N) is 1. The van der Waals surface area contributed by atoms with E-state index in [9.17, 15) is 9.59 Å². The first kappa shape index (κ1) is 18.4. The highest BCUT2D eigenvalue weighted by molar-refractivity contribution is 6.04. The van der Waals surface area contributed by atoms with Crippen molar-refractivity contribution in [2.45, 2.75) is 40.0 Å². The van der Waals surface area contributed by atoms with E-state index in [2.05, 4.69) is 31.2 Å². The van der Waals surface area contributed by atoms with Crippen LogP contribution in [-0.4, -0.2) is 35.8 Å². The lowest BCUT2D eigenvalue weighted by molar-refractivity contribution is 0.0690. The number of nitrogens with one attached hydrogen (secondary N) is 1. The Bertz CT molecular complexity index is 756. The molecule has 2 bridgehead atoms. The number of fused-ring (bicyclic) bond motifs is 2. The second-order valence-corrected chi connectivity index (χ2v) is 7.97. The molecule has 0 radical (unpaired) electrons. The summed E-state index contributed by atoms with van der Waals surface area (Å²) in [4.78, 5) is 28.8. The number of oxime groups is 1. The molecule has 3 rings (SSSR count). The average molecular weight is 358 g/mol. The largest absolute Gasteiger partial charge is 0.478 e. The Morgan fingerprint density at radius 2 is 1.96 bits per heavy atom. The molecule has 0 saturated heterocycles. The Hall–Kier alpha value is -2.37. The molecule has 0 aliphatic heterocycles. The van der Waals surface area contributed by atoms with Gasteiger partial charge in [0.05, 0.1) is 23.4 Å². The van der Waals surface area contributed by atoms with Crippen LogP contribution in [0.1, 0.15) is 60.7 Å². The number of aromatic carboxylic acids is 1. The Morgan fingerprint density at radius 1 is 1.27 bits per heavy atom. The number of carbonyl (C=O) groups excluding carboxylic acids is 1. The topological polar surface area (TPSA) is 88.0 Å². The van der Waals surface area contributed by atoms with Crippen LogP contribution in [0.15, 0.2) is 29.4 Å². The number of hydrogen-bond acceptors (Lipinski definition) is 4. The summed E-state index contributed by atoms with van der Waals surface area (Å²) < 4.78 is 0. The summed E-state index contributed by atoms with van der Waals surface area (Å²) in [5, 5.41) is 16.2. The molecule has 2 fully saturated rings. The summed E-state index contributed by atoms with van der Waals surface area (Å²) in [6.07, 6.45) is 3.39. The van der Waals surface area contributed by atoms with Crippen molar-refractivity contribution >= 4 is 17.6 Å². The van der Waals surface area contributed by atoms with E-state index in [1.54, 1.807) is 12.1 Å². The second kappa shape index (κ2) is 6.74. The molecular formula is C20H26N2O4. The Morgan fingerprint density at radius 3 is 2.54 bits per heavy atom. The third-order valence-electron chi connectivity index (χ3n) is 6.57. The SMILES string of the molecule is CC12CCC(CC1=NOCCNC(=O)c1ccccc1C(=O)O)C2(C)C. The Kier molecular flexibility index (Phi) is 4.78. The predicted octanol–water partition coefficient (Wildman–Crippen LogP) is 3.33. The van der Waals surface area contributed by atoms with Crippen molar-refractivity contribution in [2.24, 2.45) is 21.9 Å². The van der Waals surface area contributed by atoms with E-state index in [0.717, 1.165) is 18.6 Å². The van der Waals surface area contributed by atoms with Gasteiger partial charge >= 0.3 is 5.97 Å². The van der Waals surface area contributed by atoms with Crippen molar-refractivity contribution in [2.75, 3.05) is 13.2 Å². The Labute approximate surface area is 153 Å². The quantitative estimate of drug-likeness (QED) is 0.603. The summed E-state index contributed by atoms with van der Waals surface area (Å²) in [6, 6.07) is 6.15. The minimum absolute atomic E-state index is 0.0108. The average Bonchev–Trinajstić information content (AvgIpc) is 2.94. The third-order valence-corrected chi connectivity index (χ3v) is 6.57. The lowest BCUT2D eigenvalue weighted by Gasteiger charge is -2.34. The minimum Gasteiger partial charge on any atom is -0.478 e. The van der Waals surface area contributed by atoms with Crippen molar-refractivity contribution in [1.82, 2.24) is 5.32 Å². The normalized spacial score (nSPS) is 27.5. The van der Waals surface area contributed by atoms with Crippen LogP contribution in [0.5, 0.6) is 0 Å². The maximum absolute atomic E-state index is 12.2. The summed E-state index contributed by atoms with van der Waals surface area (Å²) in [5.74, 6) is -0.875. The first-order chi connectivity index (χ1) is 12.3. The van der Waals surface area contributed by atoms with Crippen LogP contribution in [-0.2, 0) is 4.84 Å². The van der Waals surface area contributed by atoms with Crippen LogP contribution in [0.4, 0.5) is 0 Å². The number of hydrogen-bond donors (Lipinski definition) is 2. The molecule has 0 heterocycles. The molecule has 2 atom stereocenters. The zero-order valence-electron chi connectivity index (χ0n) is 15.5. The molecular weight excluding hydrogens is 332 g/mol. The zero-order chi connectivity index (χ0) is 18.9. The molecule has 2 saturated carbocycles. The van der Waals surface area contributed by atoms with E-state index < -0.39 is 11.9 Å². The van der Waals surface area contributed by atoms with Gasteiger partial charge in [0.25, 0.3) is 5.91 Å². The molecule has 1 aromatic carbocycles. The van der Waals surface area contributed by atoms with Gasteiger partial charge in [-0.2, -0.15) is 0 Å². The van der Waals surface area contributed by atoms with Gasteiger partial charge in [0, 0.05) is 5.41 Å². The van der Waals surface area contributed by atoms with E-state index in [4.69, 9.17) is 9.94 Å².